The Morgan fingerprint density at radius 1 is 0.818 bits per heavy atom. The molecule has 0 amide bonds. The summed E-state index contributed by atoms with van der Waals surface area (Å²) in [4.78, 5) is 23.9. The number of carbonyl (C=O) groups excluding carboxylic acids is 2. The summed E-state index contributed by atoms with van der Waals surface area (Å²) in [5.41, 5.74) is 0. The second-order valence-electron chi connectivity index (χ2n) is 7.07. The number of carbonyl (C=O) groups is 2. The summed E-state index contributed by atoms with van der Waals surface area (Å²) >= 11 is 0. The molecular weight excluding hydrogens is 276 g/mol. The molecule has 0 radical (unpaired) electrons. The lowest BCUT2D eigenvalue weighted by Crippen LogP contribution is -2.16. The Morgan fingerprint density at radius 2 is 1.32 bits per heavy atom. The second kappa shape index (κ2) is 10.9. The number of ketones is 2. The molecule has 0 aromatic rings. The SMILES string of the molecule is CCCCCCCCCC(=O)[C@H]1O[C@H]1C(=O)CCCC(C)C. The standard InChI is InChI=1S/C19H34O3/c1-4-5-6-7-8-9-10-13-16(20)18-19(22-18)17(21)14-11-12-15(2)3/h15,18-19H,4-14H2,1-3H3/t18-,19+/m1/s1. The third-order valence-corrected chi connectivity index (χ3v) is 4.36. The predicted octanol–water partition coefficient (Wildman–Crippen LogP) is 4.86. The van der Waals surface area contributed by atoms with Crippen LogP contribution in [0.3, 0.4) is 0 Å². The molecule has 1 saturated heterocycles. The van der Waals surface area contributed by atoms with Gasteiger partial charge in [0, 0.05) is 12.8 Å². The molecule has 2 atom stereocenters. The lowest BCUT2D eigenvalue weighted by atomic mass is 10.0. The smallest absolute Gasteiger partial charge is 0.164 e. The fraction of sp³-hybridized carbons (Fsp3) is 0.895. The molecule has 0 unspecified atom stereocenters. The minimum absolute atomic E-state index is 0.124. The van der Waals surface area contributed by atoms with Gasteiger partial charge in [0.1, 0.15) is 12.2 Å². The Balaban J connectivity index is 2.02. The largest absolute Gasteiger partial charge is 0.353 e. The molecule has 1 fully saturated rings. The van der Waals surface area contributed by atoms with E-state index in [1.54, 1.807) is 0 Å². The molecule has 1 heterocycles. The second-order valence-corrected chi connectivity index (χ2v) is 7.07. The molecule has 0 aromatic heterocycles. The van der Waals surface area contributed by atoms with Gasteiger partial charge in [-0.3, -0.25) is 9.59 Å². The molecule has 128 valence electrons. The van der Waals surface area contributed by atoms with Gasteiger partial charge in [-0.05, 0) is 18.8 Å². The van der Waals surface area contributed by atoms with E-state index in [2.05, 4.69) is 20.8 Å². The van der Waals surface area contributed by atoms with Crippen molar-refractivity contribution in [2.75, 3.05) is 0 Å². The molecule has 3 heteroatoms. The van der Waals surface area contributed by atoms with Gasteiger partial charge in [-0.25, -0.2) is 0 Å². The summed E-state index contributed by atoms with van der Waals surface area (Å²) in [7, 11) is 0. The zero-order valence-corrected chi connectivity index (χ0v) is 14.7. The van der Waals surface area contributed by atoms with Gasteiger partial charge in [0.15, 0.2) is 11.6 Å². The van der Waals surface area contributed by atoms with Crippen molar-refractivity contribution < 1.29 is 14.3 Å². The van der Waals surface area contributed by atoms with E-state index < -0.39 is 12.2 Å². The zero-order chi connectivity index (χ0) is 16.4. The molecule has 1 aliphatic rings. The van der Waals surface area contributed by atoms with E-state index in [9.17, 15) is 9.59 Å². The molecule has 22 heavy (non-hydrogen) atoms. The molecule has 0 spiro atoms. The van der Waals surface area contributed by atoms with Crippen molar-refractivity contribution in [3.05, 3.63) is 0 Å². The minimum Gasteiger partial charge on any atom is -0.353 e. The van der Waals surface area contributed by atoms with Gasteiger partial charge >= 0.3 is 0 Å². The summed E-state index contributed by atoms with van der Waals surface area (Å²) in [5.74, 6) is 0.886. The van der Waals surface area contributed by atoms with Crippen LogP contribution in [0, 0.1) is 5.92 Å². The highest BCUT2D eigenvalue weighted by atomic mass is 16.6. The van der Waals surface area contributed by atoms with Crippen LogP contribution in [0.25, 0.3) is 0 Å². The first-order chi connectivity index (χ1) is 10.6. The van der Waals surface area contributed by atoms with Gasteiger partial charge in [0.2, 0.25) is 0 Å². The summed E-state index contributed by atoms with van der Waals surface area (Å²) in [5, 5.41) is 0. The number of ether oxygens (including phenoxy) is 1. The fourth-order valence-electron chi connectivity index (χ4n) is 2.83. The molecule has 3 nitrogen and oxygen atoms in total. The highest BCUT2D eigenvalue weighted by molar-refractivity contribution is 5.96. The number of rotatable bonds is 14. The summed E-state index contributed by atoms with van der Waals surface area (Å²) in [6, 6.07) is 0. The quantitative estimate of drug-likeness (QED) is 0.340. The zero-order valence-electron chi connectivity index (χ0n) is 14.7. The van der Waals surface area contributed by atoms with E-state index in [0.717, 1.165) is 25.7 Å². The third-order valence-electron chi connectivity index (χ3n) is 4.36. The Kier molecular flexibility index (Phi) is 9.61. The Hall–Kier alpha value is -0.700. The van der Waals surface area contributed by atoms with Gasteiger partial charge in [0.05, 0.1) is 0 Å². The van der Waals surface area contributed by atoms with Crippen LogP contribution in [-0.2, 0) is 14.3 Å². The molecule has 0 aliphatic carbocycles. The summed E-state index contributed by atoms with van der Waals surface area (Å²) in [6.07, 6.45) is 10.7. The Morgan fingerprint density at radius 3 is 1.86 bits per heavy atom. The van der Waals surface area contributed by atoms with E-state index in [4.69, 9.17) is 4.74 Å². The van der Waals surface area contributed by atoms with Crippen LogP contribution in [0.15, 0.2) is 0 Å². The monoisotopic (exact) mass is 310 g/mol. The predicted molar refractivity (Wildman–Crippen MR) is 90.0 cm³/mol. The van der Waals surface area contributed by atoms with Crippen molar-refractivity contribution in [1.82, 2.24) is 0 Å². The first-order valence-electron chi connectivity index (χ1n) is 9.27. The highest BCUT2D eigenvalue weighted by Crippen LogP contribution is 2.27. The molecule has 0 aromatic carbocycles. The minimum atomic E-state index is -0.413. The maximum atomic E-state index is 12.0. The third kappa shape index (κ3) is 8.07. The van der Waals surface area contributed by atoms with Gasteiger partial charge in [-0.2, -0.15) is 0 Å². The van der Waals surface area contributed by atoms with E-state index in [1.165, 1.54) is 32.1 Å². The number of hydrogen-bond donors (Lipinski definition) is 0. The van der Waals surface area contributed by atoms with Crippen molar-refractivity contribution in [1.29, 1.82) is 0 Å². The van der Waals surface area contributed by atoms with Gasteiger partial charge in [-0.1, -0.05) is 65.7 Å². The first-order valence-corrected chi connectivity index (χ1v) is 9.27. The van der Waals surface area contributed by atoms with Crippen LogP contribution < -0.4 is 0 Å². The van der Waals surface area contributed by atoms with Crippen LogP contribution in [0.1, 0.15) is 91.4 Å². The van der Waals surface area contributed by atoms with E-state index in [0.29, 0.717) is 18.8 Å². The van der Waals surface area contributed by atoms with E-state index in [1.807, 2.05) is 0 Å². The van der Waals surface area contributed by atoms with Crippen LogP contribution in [0.5, 0.6) is 0 Å². The Bertz CT molecular complexity index is 336. The van der Waals surface area contributed by atoms with Crippen LogP contribution in [0.2, 0.25) is 0 Å². The normalized spacial score (nSPS) is 20.4. The fourth-order valence-corrected chi connectivity index (χ4v) is 2.83. The van der Waals surface area contributed by atoms with Gasteiger partial charge in [-0.15, -0.1) is 0 Å². The number of unbranched alkanes of at least 4 members (excludes halogenated alkanes) is 6. The highest BCUT2D eigenvalue weighted by Gasteiger charge is 2.48. The van der Waals surface area contributed by atoms with Crippen LogP contribution in [-0.4, -0.2) is 23.8 Å². The summed E-state index contributed by atoms with van der Waals surface area (Å²) in [6.45, 7) is 6.54. The molecule has 1 rings (SSSR count). The van der Waals surface area contributed by atoms with Crippen molar-refractivity contribution >= 4 is 11.6 Å². The number of Topliss-reactive ketones (excluding diaryl/α,β-unsaturated/α-hetero) is 2. The topological polar surface area (TPSA) is 46.7 Å². The van der Waals surface area contributed by atoms with Crippen molar-refractivity contribution in [2.45, 2.75) is 104 Å². The molecule has 0 bridgehead atoms. The Labute approximate surface area is 136 Å². The van der Waals surface area contributed by atoms with Gasteiger partial charge < -0.3 is 4.74 Å². The summed E-state index contributed by atoms with van der Waals surface area (Å²) < 4.78 is 5.31. The maximum Gasteiger partial charge on any atom is 0.164 e. The van der Waals surface area contributed by atoms with Crippen LogP contribution >= 0.6 is 0 Å². The number of hydrogen-bond acceptors (Lipinski definition) is 3. The average molecular weight is 310 g/mol. The van der Waals surface area contributed by atoms with Crippen molar-refractivity contribution in [3.63, 3.8) is 0 Å². The molecular formula is C19H34O3. The number of epoxide rings is 1. The van der Waals surface area contributed by atoms with E-state index >= 15 is 0 Å². The molecule has 0 N–H and O–H groups in total. The van der Waals surface area contributed by atoms with Gasteiger partial charge in [0.25, 0.3) is 0 Å². The lowest BCUT2D eigenvalue weighted by molar-refractivity contribution is -0.122. The molecule has 0 saturated carbocycles. The van der Waals surface area contributed by atoms with Crippen molar-refractivity contribution in [2.24, 2.45) is 5.92 Å². The van der Waals surface area contributed by atoms with E-state index in [-0.39, 0.29) is 11.6 Å². The molecule has 1 aliphatic heterocycles. The average Bonchev–Trinajstić information content (AvgIpc) is 3.26. The maximum absolute atomic E-state index is 12.0. The van der Waals surface area contributed by atoms with Crippen molar-refractivity contribution in [3.8, 4) is 0 Å². The lowest BCUT2D eigenvalue weighted by Gasteiger charge is -2.02. The first kappa shape index (κ1) is 19.3. The van der Waals surface area contributed by atoms with Crippen LogP contribution in [0.4, 0.5) is 0 Å².